The number of amides is 2. The van der Waals surface area contributed by atoms with Gasteiger partial charge in [0, 0.05) is 16.6 Å². The van der Waals surface area contributed by atoms with Gasteiger partial charge in [-0.1, -0.05) is 31.2 Å². The van der Waals surface area contributed by atoms with E-state index >= 15 is 0 Å². The molecule has 0 spiro atoms. The minimum Gasteiger partial charge on any atom is -0.486 e. The van der Waals surface area contributed by atoms with Crippen molar-refractivity contribution in [3.63, 3.8) is 0 Å². The summed E-state index contributed by atoms with van der Waals surface area (Å²) in [6.45, 7) is 2.23. The molecule has 0 saturated heterocycles. The van der Waals surface area contributed by atoms with Gasteiger partial charge in [0.2, 0.25) is 11.8 Å². The number of ether oxygens (including phenoxy) is 1. The van der Waals surface area contributed by atoms with Crippen LogP contribution in [0.1, 0.15) is 30.2 Å². The summed E-state index contributed by atoms with van der Waals surface area (Å²) in [5, 5.41) is 0.964. The summed E-state index contributed by atoms with van der Waals surface area (Å²) in [7, 11) is 0. The highest BCUT2D eigenvalue weighted by atomic mass is 19.1. The number of halogens is 1. The van der Waals surface area contributed by atoms with Gasteiger partial charge in [0.05, 0.1) is 16.8 Å². The zero-order chi connectivity index (χ0) is 22.2. The monoisotopic (exact) mass is 421 g/mol. The molecular formula is C24H24FN3O3. The fourth-order valence-corrected chi connectivity index (χ4v) is 4.13. The van der Waals surface area contributed by atoms with Crippen molar-refractivity contribution in [1.29, 1.82) is 0 Å². The third-order valence-electron chi connectivity index (χ3n) is 6.03. The number of nitrogens with zero attached hydrogens (tertiary/aromatic N) is 1. The van der Waals surface area contributed by atoms with Crippen LogP contribution in [0, 0.1) is 17.2 Å². The predicted molar refractivity (Wildman–Crippen MR) is 114 cm³/mol. The number of hydrogen-bond donors (Lipinski definition) is 2. The number of aryl methyl sites for hydroxylation is 1. The van der Waals surface area contributed by atoms with Crippen molar-refractivity contribution in [2.24, 2.45) is 22.8 Å². The first-order chi connectivity index (χ1) is 14.8. The van der Waals surface area contributed by atoms with Gasteiger partial charge in [-0.15, -0.1) is 0 Å². The molecule has 2 atom stereocenters. The van der Waals surface area contributed by atoms with Gasteiger partial charge in [-0.2, -0.15) is 0 Å². The summed E-state index contributed by atoms with van der Waals surface area (Å²) in [6, 6.07) is 14.3. The Bertz CT molecular complexity index is 1180. The quantitative estimate of drug-likeness (QED) is 0.583. The van der Waals surface area contributed by atoms with Gasteiger partial charge in [-0.25, -0.2) is 4.39 Å². The fraction of sp³-hybridized carbons (Fsp3) is 0.292. The highest BCUT2D eigenvalue weighted by Crippen LogP contribution is 2.54. The molecule has 4 rings (SSSR count). The van der Waals surface area contributed by atoms with Crippen molar-refractivity contribution in [3.05, 3.63) is 71.2 Å². The highest BCUT2D eigenvalue weighted by molar-refractivity contribution is 5.94. The first kappa shape index (κ1) is 20.8. The second kappa shape index (κ2) is 7.98. The second-order valence-electron chi connectivity index (χ2n) is 8.05. The molecular weight excluding hydrogens is 397 g/mol. The first-order valence-electron chi connectivity index (χ1n) is 10.2. The van der Waals surface area contributed by atoms with Gasteiger partial charge in [0.25, 0.3) is 0 Å². The van der Waals surface area contributed by atoms with Gasteiger partial charge in [-0.3, -0.25) is 14.6 Å². The van der Waals surface area contributed by atoms with Crippen molar-refractivity contribution < 1.29 is 18.7 Å². The Morgan fingerprint density at radius 2 is 1.97 bits per heavy atom. The molecule has 7 heteroatoms. The summed E-state index contributed by atoms with van der Waals surface area (Å²) in [5.74, 6) is -2.18. The standard InChI is InChI=1S/C24H24FN3O3/c1-2-16-10-15(17-5-3-4-6-20(17)28-16)13-31-21-8-7-14(9-19(21)25)11-24(23(27)30)12-18(24)22(26)29/h3-10,18H,2,11-13H2,1H3,(H2,26,29)(H2,27,30)/t18-,24+/m1/s1. The van der Waals surface area contributed by atoms with Crippen LogP contribution in [-0.4, -0.2) is 16.8 Å². The molecule has 2 amide bonds. The predicted octanol–water partition coefficient (Wildman–Crippen LogP) is 3.03. The van der Waals surface area contributed by atoms with Crippen molar-refractivity contribution in [1.82, 2.24) is 4.98 Å². The number of pyridine rings is 1. The maximum atomic E-state index is 14.7. The van der Waals surface area contributed by atoms with E-state index in [0.717, 1.165) is 28.6 Å². The van der Waals surface area contributed by atoms with E-state index in [4.69, 9.17) is 16.2 Å². The molecule has 1 aromatic heterocycles. The minimum absolute atomic E-state index is 0.109. The second-order valence-corrected chi connectivity index (χ2v) is 8.05. The van der Waals surface area contributed by atoms with E-state index in [1.165, 1.54) is 12.1 Å². The molecule has 0 aliphatic heterocycles. The van der Waals surface area contributed by atoms with E-state index in [9.17, 15) is 14.0 Å². The Morgan fingerprint density at radius 1 is 1.19 bits per heavy atom. The Balaban J connectivity index is 1.52. The molecule has 1 aliphatic rings. The number of fused-ring (bicyclic) bond motifs is 1. The van der Waals surface area contributed by atoms with Crippen LogP contribution in [0.3, 0.4) is 0 Å². The molecule has 0 radical (unpaired) electrons. The van der Waals surface area contributed by atoms with Crippen molar-refractivity contribution >= 4 is 22.7 Å². The molecule has 0 unspecified atom stereocenters. The van der Waals surface area contributed by atoms with Gasteiger partial charge < -0.3 is 16.2 Å². The van der Waals surface area contributed by atoms with Crippen LogP contribution < -0.4 is 16.2 Å². The van der Waals surface area contributed by atoms with Gasteiger partial charge in [0.1, 0.15) is 6.61 Å². The molecule has 3 aromatic rings. The van der Waals surface area contributed by atoms with Crippen LogP contribution in [0.4, 0.5) is 4.39 Å². The van der Waals surface area contributed by atoms with E-state index in [-0.39, 0.29) is 18.8 Å². The zero-order valence-corrected chi connectivity index (χ0v) is 17.2. The number of aromatic nitrogens is 1. The maximum Gasteiger partial charge on any atom is 0.224 e. The summed E-state index contributed by atoms with van der Waals surface area (Å²) < 4.78 is 20.5. The van der Waals surface area contributed by atoms with E-state index in [0.29, 0.717) is 12.0 Å². The summed E-state index contributed by atoms with van der Waals surface area (Å²) >= 11 is 0. The number of carbonyl (C=O) groups excluding carboxylic acids is 2. The molecule has 1 saturated carbocycles. The average molecular weight is 421 g/mol. The molecule has 31 heavy (non-hydrogen) atoms. The number of rotatable bonds is 8. The van der Waals surface area contributed by atoms with E-state index < -0.39 is 29.0 Å². The number of primary amides is 2. The number of benzene rings is 2. The smallest absolute Gasteiger partial charge is 0.224 e. The first-order valence-corrected chi connectivity index (χ1v) is 10.2. The molecule has 1 heterocycles. The number of para-hydroxylation sites is 1. The lowest BCUT2D eigenvalue weighted by Gasteiger charge is -2.14. The molecule has 160 valence electrons. The lowest BCUT2D eigenvalue weighted by atomic mass is 9.93. The maximum absolute atomic E-state index is 14.7. The topological polar surface area (TPSA) is 108 Å². The number of hydrogen-bond acceptors (Lipinski definition) is 4. The Kier molecular flexibility index (Phi) is 5.35. The van der Waals surface area contributed by atoms with Crippen LogP contribution >= 0.6 is 0 Å². The summed E-state index contributed by atoms with van der Waals surface area (Å²) in [4.78, 5) is 27.9. The van der Waals surface area contributed by atoms with E-state index in [1.54, 1.807) is 6.07 Å². The van der Waals surface area contributed by atoms with Crippen molar-refractivity contribution in [3.8, 4) is 5.75 Å². The fourth-order valence-electron chi connectivity index (χ4n) is 4.13. The molecule has 2 aromatic carbocycles. The van der Waals surface area contributed by atoms with Crippen LogP contribution in [0.2, 0.25) is 0 Å². The van der Waals surface area contributed by atoms with Gasteiger partial charge in [0.15, 0.2) is 11.6 Å². The Labute approximate surface area is 179 Å². The van der Waals surface area contributed by atoms with Gasteiger partial charge >= 0.3 is 0 Å². The van der Waals surface area contributed by atoms with E-state index in [1.807, 2.05) is 37.3 Å². The third kappa shape index (κ3) is 3.95. The van der Waals surface area contributed by atoms with Crippen molar-refractivity contribution in [2.45, 2.75) is 32.8 Å². The van der Waals surface area contributed by atoms with Crippen LogP contribution in [0.5, 0.6) is 5.75 Å². The van der Waals surface area contributed by atoms with Crippen LogP contribution in [-0.2, 0) is 29.0 Å². The Morgan fingerprint density at radius 3 is 2.61 bits per heavy atom. The summed E-state index contributed by atoms with van der Waals surface area (Å²) in [6.07, 6.45) is 1.25. The lowest BCUT2D eigenvalue weighted by molar-refractivity contribution is -0.127. The minimum atomic E-state index is -1.02. The van der Waals surface area contributed by atoms with Gasteiger partial charge in [-0.05, 0) is 49.1 Å². The molecule has 4 N–H and O–H groups in total. The molecule has 6 nitrogen and oxygen atoms in total. The third-order valence-corrected chi connectivity index (χ3v) is 6.03. The normalized spacial score (nSPS) is 19.9. The SMILES string of the molecule is CCc1cc(COc2ccc(C[C@]3(C(N)=O)C[C@@H]3C(N)=O)cc2F)c2ccccc2n1. The number of carbonyl (C=O) groups is 2. The summed E-state index contributed by atoms with van der Waals surface area (Å²) in [5.41, 5.74) is 13.1. The Hall–Kier alpha value is -3.48. The molecule has 1 aliphatic carbocycles. The molecule has 1 fully saturated rings. The number of nitrogens with two attached hydrogens (primary N) is 2. The van der Waals surface area contributed by atoms with Crippen LogP contribution in [0.15, 0.2) is 48.5 Å². The average Bonchev–Trinajstić information content (AvgIpc) is 3.49. The van der Waals surface area contributed by atoms with E-state index in [2.05, 4.69) is 4.98 Å². The zero-order valence-electron chi connectivity index (χ0n) is 17.2. The largest absolute Gasteiger partial charge is 0.486 e. The molecule has 0 bridgehead atoms. The van der Waals surface area contributed by atoms with Crippen molar-refractivity contribution in [2.75, 3.05) is 0 Å². The highest BCUT2D eigenvalue weighted by Gasteiger charge is 2.61. The van der Waals surface area contributed by atoms with Crippen LogP contribution in [0.25, 0.3) is 10.9 Å². The lowest BCUT2D eigenvalue weighted by Crippen LogP contribution is -2.32.